The number of ether oxygens (including phenoxy) is 2. The SMILES string of the molecule is CCOC(=O)C1CC[C@H]2[C@@H]3CC[C@@H]4C[C@](C)(OC(C)=O)CC[C@@H]4[C@H]3CC[C@]2(C)C1=O. The first kappa shape index (κ1) is 21.8. The summed E-state index contributed by atoms with van der Waals surface area (Å²) in [6, 6.07) is 0. The molecule has 5 nitrogen and oxygen atoms in total. The standard InChI is InChI=1S/C25H38O5/c1-5-29-23(28)20-8-9-21-19-7-6-16-14-24(3,30-15(2)26)12-10-17(16)18(19)11-13-25(21,4)22(20)27/h16-21H,5-14H2,1-4H3/t16-,17+,18-,19-,20?,21+,24-,25+/m1/s1. The van der Waals surface area contributed by atoms with E-state index >= 15 is 0 Å². The zero-order valence-electron chi connectivity index (χ0n) is 19.1. The highest BCUT2D eigenvalue weighted by Gasteiger charge is 2.59. The minimum Gasteiger partial charge on any atom is -0.465 e. The number of carbonyl (C=O) groups excluding carboxylic acids is 3. The van der Waals surface area contributed by atoms with Crippen molar-refractivity contribution in [2.24, 2.45) is 40.9 Å². The Morgan fingerprint density at radius 3 is 2.40 bits per heavy atom. The van der Waals surface area contributed by atoms with Gasteiger partial charge in [0.15, 0.2) is 5.78 Å². The van der Waals surface area contributed by atoms with Crippen LogP contribution in [0.25, 0.3) is 0 Å². The highest BCUT2D eigenvalue weighted by Crippen LogP contribution is 2.61. The summed E-state index contributed by atoms with van der Waals surface area (Å²) in [4.78, 5) is 37.3. The molecule has 0 bridgehead atoms. The fourth-order valence-corrected chi connectivity index (χ4v) is 8.01. The summed E-state index contributed by atoms with van der Waals surface area (Å²) in [7, 11) is 0. The second kappa shape index (κ2) is 7.94. The van der Waals surface area contributed by atoms with Gasteiger partial charge in [-0.2, -0.15) is 0 Å². The van der Waals surface area contributed by atoms with Gasteiger partial charge in [0.05, 0.1) is 6.61 Å². The van der Waals surface area contributed by atoms with Crippen molar-refractivity contribution in [2.75, 3.05) is 6.61 Å². The predicted octanol–water partition coefficient (Wildman–Crippen LogP) is 4.71. The lowest BCUT2D eigenvalue weighted by molar-refractivity contribution is -0.171. The number of Topliss-reactive ketones (excluding diaryl/α,β-unsaturated/α-hetero) is 1. The molecular weight excluding hydrogens is 380 g/mol. The van der Waals surface area contributed by atoms with E-state index in [1.165, 1.54) is 19.8 Å². The van der Waals surface area contributed by atoms with Crippen LogP contribution in [-0.2, 0) is 23.9 Å². The van der Waals surface area contributed by atoms with Gasteiger partial charge in [0.25, 0.3) is 0 Å². The van der Waals surface area contributed by atoms with Crippen LogP contribution in [0.1, 0.15) is 85.5 Å². The number of hydrogen-bond donors (Lipinski definition) is 0. The van der Waals surface area contributed by atoms with Crippen molar-refractivity contribution >= 4 is 17.7 Å². The molecule has 4 rings (SSSR count). The van der Waals surface area contributed by atoms with Gasteiger partial charge in [-0.3, -0.25) is 14.4 Å². The van der Waals surface area contributed by atoms with E-state index < -0.39 is 5.92 Å². The fourth-order valence-electron chi connectivity index (χ4n) is 8.01. The minimum absolute atomic E-state index is 0.142. The monoisotopic (exact) mass is 418 g/mol. The average molecular weight is 419 g/mol. The van der Waals surface area contributed by atoms with Crippen molar-refractivity contribution in [2.45, 2.75) is 91.1 Å². The van der Waals surface area contributed by atoms with Gasteiger partial charge in [-0.1, -0.05) is 6.92 Å². The van der Waals surface area contributed by atoms with E-state index in [-0.39, 0.29) is 28.7 Å². The molecule has 0 spiro atoms. The highest BCUT2D eigenvalue weighted by molar-refractivity contribution is 6.02. The number of carbonyl (C=O) groups is 3. The number of rotatable bonds is 3. The summed E-state index contributed by atoms with van der Waals surface area (Å²) < 4.78 is 10.9. The molecule has 5 heteroatoms. The van der Waals surface area contributed by atoms with Crippen molar-refractivity contribution in [3.63, 3.8) is 0 Å². The van der Waals surface area contributed by atoms with E-state index in [1.807, 2.05) is 0 Å². The maximum atomic E-state index is 13.4. The molecule has 0 N–H and O–H groups in total. The van der Waals surface area contributed by atoms with Crippen LogP contribution in [0.5, 0.6) is 0 Å². The normalized spacial score (nSPS) is 45.5. The van der Waals surface area contributed by atoms with Gasteiger partial charge in [-0.15, -0.1) is 0 Å². The molecule has 0 amide bonds. The Morgan fingerprint density at radius 2 is 1.70 bits per heavy atom. The summed E-state index contributed by atoms with van der Waals surface area (Å²) >= 11 is 0. The predicted molar refractivity (Wildman–Crippen MR) is 112 cm³/mol. The van der Waals surface area contributed by atoms with Gasteiger partial charge in [0.1, 0.15) is 11.5 Å². The molecule has 0 aromatic carbocycles. The zero-order chi connectivity index (χ0) is 21.7. The maximum absolute atomic E-state index is 13.4. The molecular formula is C25H38O5. The Hall–Kier alpha value is -1.39. The second-order valence-electron chi connectivity index (χ2n) is 10.9. The molecule has 0 heterocycles. The molecule has 0 aliphatic heterocycles. The lowest BCUT2D eigenvalue weighted by Crippen LogP contribution is -2.56. The lowest BCUT2D eigenvalue weighted by Gasteiger charge is -2.59. The van der Waals surface area contributed by atoms with Crippen molar-refractivity contribution in [1.29, 1.82) is 0 Å². The average Bonchev–Trinajstić information content (AvgIpc) is 2.67. The molecule has 4 fully saturated rings. The van der Waals surface area contributed by atoms with Crippen LogP contribution < -0.4 is 0 Å². The van der Waals surface area contributed by atoms with E-state index in [0.29, 0.717) is 42.6 Å². The van der Waals surface area contributed by atoms with Gasteiger partial charge in [0, 0.05) is 12.3 Å². The van der Waals surface area contributed by atoms with E-state index in [2.05, 4.69) is 13.8 Å². The molecule has 30 heavy (non-hydrogen) atoms. The van der Waals surface area contributed by atoms with Crippen LogP contribution in [0.15, 0.2) is 0 Å². The highest BCUT2D eigenvalue weighted by atomic mass is 16.6. The quantitative estimate of drug-likeness (QED) is 0.490. The molecule has 8 atom stereocenters. The van der Waals surface area contributed by atoms with Crippen LogP contribution in [-0.4, -0.2) is 29.9 Å². The Balaban J connectivity index is 1.48. The van der Waals surface area contributed by atoms with Gasteiger partial charge >= 0.3 is 11.9 Å². The first-order chi connectivity index (χ1) is 14.2. The molecule has 4 saturated carbocycles. The van der Waals surface area contributed by atoms with Crippen LogP contribution >= 0.6 is 0 Å². The van der Waals surface area contributed by atoms with Gasteiger partial charge in [0.2, 0.25) is 0 Å². The van der Waals surface area contributed by atoms with Crippen LogP contribution in [0.2, 0.25) is 0 Å². The second-order valence-corrected chi connectivity index (χ2v) is 10.9. The Labute approximate surface area is 180 Å². The van der Waals surface area contributed by atoms with E-state index in [9.17, 15) is 14.4 Å². The molecule has 4 aliphatic rings. The minimum atomic E-state index is -0.557. The third-order valence-corrected chi connectivity index (χ3v) is 9.22. The maximum Gasteiger partial charge on any atom is 0.316 e. The van der Waals surface area contributed by atoms with Crippen LogP contribution in [0, 0.1) is 40.9 Å². The van der Waals surface area contributed by atoms with E-state index in [0.717, 1.165) is 38.5 Å². The fraction of sp³-hybridized carbons (Fsp3) is 0.880. The topological polar surface area (TPSA) is 69.7 Å². The molecule has 0 aromatic rings. The summed E-state index contributed by atoms with van der Waals surface area (Å²) in [5.74, 6) is 2.08. The van der Waals surface area contributed by atoms with Crippen LogP contribution in [0.3, 0.4) is 0 Å². The van der Waals surface area contributed by atoms with Crippen molar-refractivity contribution in [3.05, 3.63) is 0 Å². The molecule has 168 valence electrons. The Kier molecular flexibility index (Phi) is 5.78. The van der Waals surface area contributed by atoms with E-state index in [4.69, 9.17) is 9.47 Å². The number of ketones is 1. The van der Waals surface area contributed by atoms with Crippen molar-refractivity contribution in [1.82, 2.24) is 0 Å². The summed E-state index contributed by atoms with van der Waals surface area (Å²) in [5.41, 5.74) is -0.679. The van der Waals surface area contributed by atoms with Crippen molar-refractivity contribution < 1.29 is 23.9 Å². The van der Waals surface area contributed by atoms with Gasteiger partial charge in [-0.25, -0.2) is 0 Å². The van der Waals surface area contributed by atoms with Gasteiger partial charge < -0.3 is 9.47 Å². The summed E-state index contributed by atoms with van der Waals surface area (Å²) in [5, 5.41) is 0. The molecule has 0 saturated heterocycles. The van der Waals surface area contributed by atoms with Gasteiger partial charge in [-0.05, 0) is 101 Å². The summed E-state index contributed by atoms with van der Waals surface area (Å²) in [6.07, 6.45) is 9.00. The molecule has 1 unspecified atom stereocenters. The van der Waals surface area contributed by atoms with Crippen molar-refractivity contribution in [3.8, 4) is 0 Å². The van der Waals surface area contributed by atoms with E-state index in [1.54, 1.807) is 6.92 Å². The third-order valence-electron chi connectivity index (χ3n) is 9.22. The number of hydrogen-bond acceptors (Lipinski definition) is 5. The molecule has 4 aliphatic carbocycles. The third kappa shape index (κ3) is 3.60. The zero-order valence-corrected chi connectivity index (χ0v) is 19.1. The first-order valence-corrected chi connectivity index (χ1v) is 12.1. The largest absolute Gasteiger partial charge is 0.465 e. The summed E-state index contributed by atoms with van der Waals surface area (Å²) in [6.45, 7) is 7.88. The first-order valence-electron chi connectivity index (χ1n) is 12.1. The molecule has 0 aromatic heterocycles. The van der Waals surface area contributed by atoms with Crippen LogP contribution in [0.4, 0.5) is 0 Å². The number of fused-ring (bicyclic) bond motifs is 5. The molecule has 0 radical (unpaired) electrons. The Morgan fingerprint density at radius 1 is 0.967 bits per heavy atom. The number of esters is 2. The lowest BCUT2D eigenvalue weighted by atomic mass is 9.45. The smallest absolute Gasteiger partial charge is 0.316 e. The Bertz CT molecular complexity index is 716.